The van der Waals surface area contributed by atoms with Crippen molar-refractivity contribution >= 4 is 11.7 Å². The second-order valence-electron chi connectivity index (χ2n) is 7.89. The van der Waals surface area contributed by atoms with Crippen molar-refractivity contribution in [2.75, 3.05) is 46.4 Å². The van der Waals surface area contributed by atoms with Crippen LogP contribution in [0, 0.1) is 0 Å². The van der Waals surface area contributed by atoms with Gasteiger partial charge >= 0.3 is 0 Å². The number of likely N-dealkylation sites (N-methyl/N-ethyl adjacent to an activating group) is 1. The van der Waals surface area contributed by atoms with E-state index in [1.807, 2.05) is 22.8 Å². The van der Waals surface area contributed by atoms with E-state index in [0.29, 0.717) is 6.54 Å². The number of allylic oxidation sites excluding steroid dienone is 4. The first-order valence-corrected chi connectivity index (χ1v) is 11.4. The second-order valence-corrected chi connectivity index (χ2v) is 7.89. The van der Waals surface area contributed by atoms with Gasteiger partial charge < -0.3 is 19.4 Å². The fraction of sp³-hybridized carbons (Fsp3) is 0.667. The topological polar surface area (TPSA) is 48.4 Å². The molecule has 2 aliphatic rings. The quantitative estimate of drug-likeness (QED) is 0.536. The monoisotopic (exact) mass is 416 g/mol. The molecule has 0 bridgehead atoms. The van der Waals surface area contributed by atoms with Crippen LogP contribution < -0.4 is 0 Å². The first-order valence-electron chi connectivity index (χ1n) is 11.4. The number of amides is 1. The molecule has 0 saturated carbocycles. The smallest absolute Gasteiger partial charge is 0.242 e. The SMILES string of the molecule is CC/C=C(\C=C/CC1=CC(OC)N(CC(=O)N2CCCN(CC)CC2)C(C)=N1)CC. The number of nitrogens with zero attached hydrogens (tertiary/aromatic N) is 4. The zero-order valence-corrected chi connectivity index (χ0v) is 19.6. The molecule has 30 heavy (non-hydrogen) atoms. The summed E-state index contributed by atoms with van der Waals surface area (Å²) in [5, 5.41) is 0. The molecule has 1 atom stereocenters. The zero-order valence-electron chi connectivity index (χ0n) is 19.6. The Kier molecular flexibility index (Phi) is 10.3. The van der Waals surface area contributed by atoms with Crippen LogP contribution in [0.15, 0.2) is 40.6 Å². The van der Waals surface area contributed by atoms with Crippen LogP contribution in [0.2, 0.25) is 0 Å². The van der Waals surface area contributed by atoms with Crippen molar-refractivity contribution in [2.45, 2.75) is 59.6 Å². The van der Waals surface area contributed by atoms with Gasteiger partial charge in [-0.15, -0.1) is 0 Å². The van der Waals surface area contributed by atoms with Crippen molar-refractivity contribution in [3.05, 3.63) is 35.6 Å². The van der Waals surface area contributed by atoms with Gasteiger partial charge in [0, 0.05) is 38.9 Å². The molecule has 2 rings (SSSR count). The molecule has 0 aliphatic carbocycles. The molecule has 0 radical (unpaired) electrons. The van der Waals surface area contributed by atoms with Crippen LogP contribution in [0.1, 0.15) is 53.4 Å². The molecule has 0 spiro atoms. The van der Waals surface area contributed by atoms with E-state index >= 15 is 0 Å². The van der Waals surface area contributed by atoms with Crippen LogP contribution in [0.4, 0.5) is 0 Å². The average Bonchev–Trinajstić information content (AvgIpc) is 3.00. The molecular weight excluding hydrogens is 376 g/mol. The number of methoxy groups -OCH3 is 1. The summed E-state index contributed by atoms with van der Waals surface area (Å²) < 4.78 is 5.69. The highest BCUT2D eigenvalue weighted by atomic mass is 16.5. The summed E-state index contributed by atoms with van der Waals surface area (Å²) in [5.41, 5.74) is 2.34. The van der Waals surface area contributed by atoms with Gasteiger partial charge in [-0.1, -0.05) is 44.6 Å². The van der Waals surface area contributed by atoms with Crippen molar-refractivity contribution in [1.29, 1.82) is 0 Å². The van der Waals surface area contributed by atoms with Gasteiger partial charge in [0.1, 0.15) is 12.4 Å². The Morgan fingerprint density at radius 3 is 2.70 bits per heavy atom. The second kappa shape index (κ2) is 12.7. The van der Waals surface area contributed by atoms with Crippen molar-refractivity contribution < 1.29 is 9.53 Å². The van der Waals surface area contributed by atoms with Crippen molar-refractivity contribution in [2.24, 2.45) is 4.99 Å². The van der Waals surface area contributed by atoms with Crippen molar-refractivity contribution in [1.82, 2.24) is 14.7 Å². The van der Waals surface area contributed by atoms with Gasteiger partial charge in [0.25, 0.3) is 0 Å². The Hall–Kier alpha value is -1.92. The standard InChI is InChI=1S/C24H40N4O2/c1-6-11-21(7-2)12-9-13-22-18-24(30-5)28(20(4)25-22)19-23(29)27-15-10-14-26(8-3)16-17-27/h9,11-12,18,24H,6-8,10,13-17,19H2,1-5H3/b12-9-,21-11-. The number of hydrogen-bond acceptors (Lipinski definition) is 5. The molecule has 0 N–H and O–H groups in total. The Morgan fingerprint density at radius 1 is 1.23 bits per heavy atom. The molecule has 2 aliphatic heterocycles. The van der Waals surface area contributed by atoms with Gasteiger partial charge in [-0.25, -0.2) is 4.99 Å². The van der Waals surface area contributed by atoms with Crippen LogP contribution in [0.3, 0.4) is 0 Å². The van der Waals surface area contributed by atoms with Crippen molar-refractivity contribution in [3.63, 3.8) is 0 Å². The maximum Gasteiger partial charge on any atom is 0.242 e. The van der Waals surface area contributed by atoms with E-state index < -0.39 is 0 Å². The van der Waals surface area contributed by atoms with Gasteiger partial charge in [-0.3, -0.25) is 4.79 Å². The van der Waals surface area contributed by atoms with Gasteiger partial charge in [-0.05, 0) is 45.4 Å². The summed E-state index contributed by atoms with van der Waals surface area (Å²) in [6.07, 6.45) is 12.3. The number of aliphatic imine (C=N–C) groups is 1. The Bertz CT molecular complexity index is 681. The highest BCUT2D eigenvalue weighted by Crippen LogP contribution is 2.19. The van der Waals surface area contributed by atoms with Crippen LogP contribution in [0.25, 0.3) is 0 Å². The third-order valence-corrected chi connectivity index (χ3v) is 5.83. The molecule has 0 aromatic carbocycles. The molecule has 1 fully saturated rings. The maximum atomic E-state index is 13.0. The summed E-state index contributed by atoms with van der Waals surface area (Å²) in [7, 11) is 1.69. The summed E-state index contributed by atoms with van der Waals surface area (Å²) >= 11 is 0. The molecule has 6 heteroatoms. The number of ether oxygens (including phenoxy) is 1. The van der Waals surface area contributed by atoms with Crippen LogP contribution in [0.5, 0.6) is 0 Å². The fourth-order valence-electron chi connectivity index (χ4n) is 3.97. The molecule has 0 aromatic heterocycles. The Labute approximate surface area is 183 Å². The van der Waals surface area contributed by atoms with E-state index in [2.05, 4.69) is 43.9 Å². The molecular formula is C24H40N4O2. The summed E-state index contributed by atoms with van der Waals surface area (Å²) in [4.78, 5) is 24.1. The normalized spacial score (nSPS) is 21.6. The highest BCUT2D eigenvalue weighted by molar-refractivity contribution is 5.88. The lowest BCUT2D eigenvalue weighted by molar-refractivity contribution is -0.133. The summed E-state index contributed by atoms with van der Waals surface area (Å²) in [5.74, 6) is 0.990. The van der Waals surface area contributed by atoms with E-state index in [9.17, 15) is 4.79 Å². The maximum absolute atomic E-state index is 13.0. The van der Waals surface area contributed by atoms with E-state index in [0.717, 1.165) is 69.9 Å². The van der Waals surface area contributed by atoms with Crippen molar-refractivity contribution in [3.8, 4) is 0 Å². The minimum atomic E-state index is -0.259. The van der Waals surface area contributed by atoms with Gasteiger partial charge in [0.05, 0.1) is 0 Å². The average molecular weight is 417 g/mol. The van der Waals surface area contributed by atoms with Gasteiger partial charge in [0.15, 0.2) is 6.23 Å². The molecule has 2 heterocycles. The minimum absolute atomic E-state index is 0.151. The van der Waals surface area contributed by atoms with Gasteiger partial charge in [-0.2, -0.15) is 0 Å². The number of carbonyl (C=O) groups is 1. The third kappa shape index (κ3) is 7.10. The number of amidine groups is 1. The lowest BCUT2D eigenvalue weighted by atomic mass is 10.1. The van der Waals surface area contributed by atoms with E-state index in [1.165, 1.54) is 5.57 Å². The van der Waals surface area contributed by atoms with Gasteiger partial charge in [0.2, 0.25) is 5.91 Å². The first-order chi connectivity index (χ1) is 14.5. The molecule has 1 unspecified atom stereocenters. The number of carbonyl (C=O) groups excluding carboxylic acids is 1. The predicted molar refractivity (Wildman–Crippen MR) is 124 cm³/mol. The first kappa shape index (κ1) is 24.4. The van der Waals surface area contributed by atoms with Crippen LogP contribution in [-0.2, 0) is 9.53 Å². The Morgan fingerprint density at radius 2 is 2.03 bits per heavy atom. The fourth-order valence-corrected chi connectivity index (χ4v) is 3.97. The van der Waals surface area contributed by atoms with E-state index in [-0.39, 0.29) is 12.1 Å². The van der Waals surface area contributed by atoms with Crippen LogP contribution >= 0.6 is 0 Å². The lowest BCUT2D eigenvalue weighted by Crippen LogP contribution is -2.48. The summed E-state index contributed by atoms with van der Waals surface area (Å²) in [6, 6.07) is 0. The zero-order chi connectivity index (χ0) is 21.9. The Balaban J connectivity index is 1.98. The highest BCUT2D eigenvalue weighted by Gasteiger charge is 2.27. The summed E-state index contributed by atoms with van der Waals surface area (Å²) in [6.45, 7) is 13.5. The predicted octanol–water partition coefficient (Wildman–Crippen LogP) is 3.82. The number of rotatable bonds is 9. The lowest BCUT2D eigenvalue weighted by Gasteiger charge is -2.34. The number of hydrogen-bond donors (Lipinski definition) is 0. The van der Waals surface area contributed by atoms with E-state index in [1.54, 1.807) is 7.11 Å². The molecule has 1 saturated heterocycles. The molecule has 6 nitrogen and oxygen atoms in total. The van der Waals surface area contributed by atoms with E-state index in [4.69, 9.17) is 9.73 Å². The molecule has 168 valence electrons. The largest absolute Gasteiger partial charge is 0.358 e. The third-order valence-electron chi connectivity index (χ3n) is 5.83. The van der Waals surface area contributed by atoms with Crippen LogP contribution in [-0.4, -0.2) is 79.0 Å². The molecule has 0 aromatic rings. The molecule has 1 amide bonds. The minimum Gasteiger partial charge on any atom is -0.358 e.